The molecule has 2 atom stereocenters. The molecule has 114 valence electrons. The second-order valence-corrected chi connectivity index (χ2v) is 7.42. The van der Waals surface area contributed by atoms with Crippen LogP contribution in [0.1, 0.15) is 53.0 Å². The van der Waals surface area contributed by atoms with Crippen molar-refractivity contribution in [3.8, 4) is 0 Å². The Labute approximate surface area is 130 Å². The van der Waals surface area contributed by atoms with Crippen molar-refractivity contribution in [2.75, 3.05) is 6.54 Å². The van der Waals surface area contributed by atoms with Crippen molar-refractivity contribution >= 4 is 11.6 Å². The number of benzene rings is 1. The summed E-state index contributed by atoms with van der Waals surface area (Å²) >= 11 is 6.09. The van der Waals surface area contributed by atoms with Crippen molar-refractivity contribution in [1.29, 1.82) is 0 Å². The Morgan fingerprint density at radius 2 is 1.95 bits per heavy atom. The Morgan fingerprint density at radius 1 is 1.25 bits per heavy atom. The molecule has 1 aromatic carbocycles. The van der Waals surface area contributed by atoms with E-state index in [1.165, 1.54) is 18.4 Å². The van der Waals surface area contributed by atoms with Crippen LogP contribution in [0.15, 0.2) is 24.3 Å². The summed E-state index contributed by atoms with van der Waals surface area (Å²) in [5.41, 5.74) is 1.69. The number of halogens is 1. The van der Waals surface area contributed by atoms with Crippen molar-refractivity contribution < 1.29 is 0 Å². The number of hydrogen-bond donors (Lipinski definition) is 1. The van der Waals surface area contributed by atoms with Gasteiger partial charge in [-0.2, -0.15) is 0 Å². The van der Waals surface area contributed by atoms with Gasteiger partial charge in [0.1, 0.15) is 0 Å². The largest absolute Gasteiger partial charge is 0.314 e. The molecule has 0 amide bonds. The third kappa shape index (κ3) is 6.28. The lowest BCUT2D eigenvalue weighted by Gasteiger charge is -2.31. The Bertz CT molecular complexity index is 395. The number of rotatable bonds is 7. The minimum atomic E-state index is 0.362. The minimum Gasteiger partial charge on any atom is -0.314 e. The summed E-state index contributed by atoms with van der Waals surface area (Å²) in [5, 5.41) is 4.53. The first kappa shape index (κ1) is 17.5. The molecule has 1 N–H and O–H groups in total. The van der Waals surface area contributed by atoms with Crippen LogP contribution in [-0.4, -0.2) is 12.6 Å². The van der Waals surface area contributed by atoms with Gasteiger partial charge in [0.2, 0.25) is 0 Å². The van der Waals surface area contributed by atoms with Gasteiger partial charge < -0.3 is 5.32 Å². The van der Waals surface area contributed by atoms with Gasteiger partial charge in [-0.25, -0.2) is 0 Å². The highest BCUT2D eigenvalue weighted by Crippen LogP contribution is 2.29. The highest BCUT2D eigenvalue weighted by atomic mass is 35.5. The molecule has 0 aliphatic carbocycles. The van der Waals surface area contributed by atoms with E-state index in [9.17, 15) is 0 Å². The zero-order chi connectivity index (χ0) is 15.2. The van der Waals surface area contributed by atoms with E-state index in [2.05, 4.69) is 52.1 Å². The normalized spacial score (nSPS) is 15.1. The van der Waals surface area contributed by atoms with Crippen LogP contribution in [0.3, 0.4) is 0 Å². The summed E-state index contributed by atoms with van der Waals surface area (Å²) in [6.45, 7) is 12.6. The molecule has 0 heterocycles. The molecular weight excluding hydrogens is 266 g/mol. The average molecular weight is 296 g/mol. The molecule has 0 aliphatic heterocycles. The summed E-state index contributed by atoms with van der Waals surface area (Å²) in [5.74, 6) is 0.691. The zero-order valence-corrected chi connectivity index (χ0v) is 14.4. The van der Waals surface area contributed by atoms with Crippen LogP contribution in [0.4, 0.5) is 0 Å². The zero-order valence-electron chi connectivity index (χ0n) is 13.7. The molecule has 2 unspecified atom stereocenters. The predicted octanol–water partition coefficient (Wildman–Crippen LogP) is 5.32. The second kappa shape index (κ2) is 8.05. The summed E-state index contributed by atoms with van der Waals surface area (Å²) in [4.78, 5) is 0. The summed E-state index contributed by atoms with van der Waals surface area (Å²) in [7, 11) is 0. The van der Waals surface area contributed by atoms with E-state index >= 15 is 0 Å². The second-order valence-electron chi connectivity index (χ2n) is 6.99. The van der Waals surface area contributed by atoms with Crippen LogP contribution < -0.4 is 5.32 Å². The van der Waals surface area contributed by atoms with Crippen molar-refractivity contribution in [2.45, 2.75) is 59.9 Å². The molecule has 2 heteroatoms. The fourth-order valence-corrected chi connectivity index (χ4v) is 2.53. The maximum absolute atomic E-state index is 6.09. The fourth-order valence-electron chi connectivity index (χ4n) is 2.32. The summed E-state index contributed by atoms with van der Waals surface area (Å²) in [6, 6.07) is 8.78. The Kier molecular flexibility index (Phi) is 7.05. The van der Waals surface area contributed by atoms with Gasteiger partial charge in [-0.3, -0.25) is 0 Å². The SMILES string of the molecule is CCCNC(Cc1cccc(Cl)c1)CC(C)C(C)(C)C. The topological polar surface area (TPSA) is 12.0 Å². The van der Waals surface area contributed by atoms with Gasteiger partial charge in [0.25, 0.3) is 0 Å². The van der Waals surface area contributed by atoms with E-state index in [1.807, 2.05) is 12.1 Å². The van der Waals surface area contributed by atoms with Gasteiger partial charge in [-0.15, -0.1) is 0 Å². The van der Waals surface area contributed by atoms with Crippen LogP contribution in [0.5, 0.6) is 0 Å². The van der Waals surface area contributed by atoms with E-state index in [1.54, 1.807) is 0 Å². The molecule has 0 spiro atoms. The molecule has 1 aromatic rings. The van der Waals surface area contributed by atoms with Gasteiger partial charge in [-0.1, -0.05) is 58.4 Å². The van der Waals surface area contributed by atoms with Crippen LogP contribution in [-0.2, 0) is 6.42 Å². The molecule has 0 saturated carbocycles. The maximum atomic E-state index is 6.09. The van der Waals surface area contributed by atoms with Gasteiger partial charge in [0.15, 0.2) is 0 Å². The third-order valence-electron chi connectivity index (χ3n) is 4.17. The van der Waals surface area contributed by atoms with Crippen LogP contribution in [0.25, 0.3) is 0 Å². The monoisotopic (exact) mass is 295 g/mol. The van der Waals surface area contributed by atoms with Gasteiger partial charge >= 0.3 is 0 Å². The predicted molar refractivity (Wildman–Crippen MR) is 90.5 cm³/mol. The first-order valence-corrected chi connectivity index (χ1v) is 8.18. The number of hydrogen-bond acceptors (Lipinski definition) is 1. The highest BCUT2D eigenvalue weighted by molar-refractivity contribution is 6.30. The van der Waals surface area contributed by atoms with Crippen LogP contribution >= 0.6 is 11.6 Å². The van der Waals surface area contributed by atoms with E-state index < -0.39 is 0 Å². The smallest absolute Gasteiger partial charge is 0.0408 e. The van der Waals surface area contributed by atoms with Gasteiger partial charge in [0.05, 0.1) is 0 Å². The van der Waals surface area contributed by atoms with E-state index in [0.29, 0.717) is 17.4 Å². The molecule has 1 nitrogen and oxygen atoms in total. The van der Waals surface area contributed by atoms with E-state index in [0.717, 1.165) is 18.0 Å². The molecule has 0 aromatic heterocycles. The fraction of sp³-hybridized carbons (Fsp3) is 0.667. The maximum Gasteiger partial charge on any atom is 0.0408 e. The minimum absolute atomic E-state index is 0.362. The van der Waals surface area contributed by atoms with Gasteiger partial charge in [-0.05, 0) is 54.8 Å². The summed E-state index contributed by atoms with van der Waals surface area (Å²) < 4.78 is 0. The summed E-state index contributed by atoms with van der Waals surface area (Å²) in [6.07, 6.45) is 3.44. The average Bonchev–Trinajstić information content (AvgIpc) is 2.34. The molecule has 20 heavy (non-hydrogen) atoms. The first-order valence-electron chi connectivity index (χ1n) is 7.80. The molecule has 0 aliphatic rings. The third-order valence-corrected chi connectivity index (χ3v) is 4.41. The van der Waals surface area contributed by atoms with Crippen LogP contribution in [0.2, 0.25) is 5.02 Å². The lowest BCUT2D eigenvalue weighted by atomic mass is 9.78. The van der Waals surface area contributed by atoms with Gasteiger partial charge in [0, 0.05) is 11.1 Å². The molecule has 0 radical (unpaired) electrons. The molecule has 0 saturated heterocycles. The van der Waals surface area contributed by atoms with E-state index in [-0.39, 0.29) is 0 Å². The quantitative estimate of drug-likeness (QED) is 0.717. The Morgan fingerprint density at radius 3 is 2.50 bits per heavy atom. The molecular formula is C18H30ClN. The Hall–Kier alpha value is -0.530. The van der Waals surface area contributed by atoms with Crippen LogP contribution in [0, 0.1) is 11.3 Å². The van der Waals surface area contributed by atoms with Crippen molar-refractivity contribution in [3.05, 3.63) is 34.9 Å². The Balaban J connectivity index is 2.69. The van der Waals surface area contributed by atoms with Crippen molar-refractivity contribution in [2.24, 2.45) is 11.3 Å². The standard InChI is InChI=1S/C18H30ClN/c1-6-10-20-17(11-14(2)18(3,4)5)13-15-8-7-9-16(19)12-15/h7-9,12,14,17,20H,6,10-11,13H2,1-5H3. The first-order chi connectivity index (χ1) is 9.32. The van der Waals surface area contributed by atoms with Crippen molar-refractivity contribution in [1.82, 2.24) is 5.32 Å². The molecule has 0 fully saturated rings. The van der Waals surface area contributed by atoms with Crippen molar-refractivity contribution in [3.63, 3.8) is 0 Å². The molecule has 1 rings (SSSR count). The molecule has 0 bridgehead atoms. The number of nitrogens with one attached hydrogen (secondary N) is 1. The highest BCUT2D eigenvalue weighted by Gasteiger charge is 2.23. The van der Waals surface area contributed by atoms with E-state index in [4.69, 9.17) is 11.6 Å². The lowest BCUT2D eigenvalue weighted by Crippen LogP contribution is -2.35. The lowest BCUT2D eigenvalue weighted by molar-refractivity contribution is 0.222.